The summed E-state index contributed by atoms with van der Waals surface area (Å²) in [6, 6.07) is 80.0. The Morgan fingerprint density at radius 1 is 0.250 bits per heavy atom. The van der Waals surface area contributed by atoms with Gasteiger partial charge in [0, 0.05) is 0 Å². The molecule has 21 nitrogen and oxygen atoms in total. The summed E-state index contributed by atoms with van der Waals surface area (Å²) in [6.07, 6.45) is 0. The van der Waals surface area contributed by atoms with Gasteiger partial charge in [0.25, 0.3) is 0 Å². The molecule has 0 atom stereocenters. The number of benzene rings is 8. The Hall–Kier alpha value is -11.1. The standard InChI is InChI=1S/4C11H10NO.4C10H9NO.C6H11O2.C3H5O2.C2H4O.4Ga/c4*1-8-6-7-9-4-3-5-10(13-2)11(9)12-8;4*1-7-5-6-8-3-2-4-9(12)10(8)11-7;1-6(2,3)5(7)8-4;1-3(4)5-2;1-3-2;;;;/h4*3-7H,2H2,1H3;4*2-6,12H,1H3;4H2,1-3H3;2H2,1H3;1-2H2;;;;/q;;;;;;;;;;;4*+1/p-4. The third kappa shape index (κ3) is 22.5. The van der Waals surface area contributed by atoms with E-state index in [9.17, 15) is 9.59 Å². The molecule has 16 rings (SSSR count). The van der Waals surface area contributed by atoms with E-state index in [1.165, 1.54) is 6.92 Å². The van der Waals surface area contributed by atoms with E-state index in [2.05, 4.69) is 56.3 Å². The molecule has 25 heteroatoms. The second-order valence-corrected chi connectivity index (χ2v) is 48.6. The van der Waals surface area contributed by atoms with E-state index >= 15 is 0 Å². The minimum absolute atomic E-state index is 0.239. The van der Waals surface area contributed by atoms with Gasteiger partial charge >= 0.3 is 726 Å². The number of nitrogens with zero attached hydrogens (tertiary/aromatic N) is 8. The Morgan fingerprint density at radius 3 is 0.650 bits per heavy atom. The summed E-state index contributed by atoms with van der Waals surface area (Å²) in [5.41, 5.74) is 13.4. The number of esters is 2. The fourth-order valence-electron chi connectivity index (χ4n) is 13.4. The number of pyridine rings is 8. The molecule has 8 heterocycles. The Bertz CT molecular complexity index is 6200. The maximum absolute atomic E-state index is 12.5. The number of para-hydroxylation sites is 8. The summed E-state index contributed by atoms with van der Waals surface area (Å²) in [5, 5.41) is 11.1. The van der Waals surface area contributed by atoms with Crippen LogP contribution in [0.5, 0.6) is 46.0 Å². The molecule has 120 heavy (non-hydrogen) atoms. The molecule has 0 saturated carbocycles. The normalized spacial score (nSPS) is 11.2. The molecule has 0 saturated heterocycles. The molecule has 8 aromatic heterocycles. The zero-order chi connectivity index (χ0) is 83.8. The van der Waals surface area contributed by atoms with Crippen LogP contribution >= 0.6 is 0 Å². The number of aromatic nitrogens is 8. The topological polar surface area (TPSA) is 239 Å². The van der Waals surface area contributed by atoms with Gasteiger partial charge in [-0.05, 0) is 0 Å². The molecule has 0 bridgehead atoms. The van der Waals surface area contributed by atoms with E-state index in [4.69, 9.17) is 67.2 Å². The zero-order valence-electron chi connectivity index (χ0n) is 69.4. The van der Waals surface area contributed by atoms with Crippen molar-refractivity contribution in [3.05, 3.63) is 288 Å². The number of carbonyl (C=O) groups is 2. The SMILES string of the molecule is CC(=O)O[CH2][Ga]([CH2]Oc1cccc2ccc(C)nc12)[O]c1cccc2ccc(C)nc12.Cc1ccc2cccc(O[CH2][Ga]([CH2]OC(=O)C(C)(C)C)[O]c3cccc4ccc(C)nc34)c2n1.Cc1ccc2cccc(O[CH2][Ga]([CH2]O[CH2][Ga]([CH2]Oc3cccc4ccc(C)nc34)[O]c3cccc4ccc(C)nc34)[O]c3cccc4ccc(C)nc34)c2n1. The van der Waals surface area contributed by atoms with Crippen LogP contribution in [0.4, 0.5) is 0 Å². The van der Waals surface area contributed by atoms with Crippen LogP contribution in [0.2, 0.25) is 0 Å². The van der Waals surface area contributed by atoms with Crippen molar-refractivity contribution < 1.29 is 56.9 Å². The predicted octanol–water partition coefficient (Wildman–Crippen LogP) is 18.9. The fraction of sp³-hybridized carbons (Fsp3) is 0.221. The Labute approximate surface area is 720 Å². The quantitative estimate of drug-likeness (QED) is 0.0327. The summed E-state index contributed by atoms with van der Waals surface area (Å²) < 4.78 is 69.8. The second-order valence-electron chi connectivity index (χ2n) is 30.6. The molecule has 0 amide bonds. The van der Waals surface area contributed by atoms with Gasteiger partial charge in [0.05, 0.1) is 0 Å². The van der Waals surface area contributed by atoms with Gasteiger partial charge in [0.1, 0.15) is 0 Å². The number of fused-ring (bicyclic) bond motifs is 8. The average molecular weight is 1830 g/mol. The van der Waals surface area contributed by atoms with E-state index in [1.807, 2.05) is 282 Å². The number of rotatable bonds is 28. The first-order valence-corrected chi connectivity index (χ1v) is 57.7. The van der Waals surface area contributed by atoms with E-state index in [0.29, 0.717) is 54.0 Å². The number of hydrogen-bond donors (Lipinski definition) is 0. The van der Waals surface area contributed by atoms with Crippen molar-refractivity contribution in [3.8, 4) is 46.0 Å². The number of hydrogen-bond acceptors (Lipinski definition) is 21. The van der Waals surface area contributed by atoms with Crippen LogP contribution in [-0.2, 0) is 23.8 Å². The van der Waals surface area contributed by atoms with Crippen molar-refractivity contribution in [2.75, 3.05) is 41.3 Å². The molecule has 16 aromatic rings. The molecule has 602 valence electrons. The van der Waals surface area contributed by atoms with Gasteiger partial charge in [-0.2, -0.15) is 0 Å². The van der Waals surface area contributed by atoms with E-state index < -0.39 is 71.7 Å². The van der Waals surface area contributed by atoms with Gasteiger partial charge in [0.15, 0.2) is 0 Å². The van der Waals surface area contributed by atoms with Gasteiger partial charge in [-0.25, -0.2) is 0 Å². The van der Waals surface area contributed by atoms with Crippen molar-refractivity contribution in [2.45, 2.75) is 83.1 Å². The van der Waals surface area contributed by atoms with Gasteiger partial charge < -0.3 is 0 Å². The predicted molar refractivity (Wildman–Crippen MR) is 477 cm³/mol. The molecule has 0 radical (unpaired) electrons. The number of aryl methyl sites for hydroxylation is 8. The molecule has 0 aliphatic heterocycles. The molecular weight excluding hydrogens is 1740 g/mol. The molecule has 0 spiro atoms. The summed E-state index contributed by atoms with van der Waals surface area (Å²) in [4.78, 5) is 61.7. The fourth-order valence-corrected chi connectivity index (χ4v) is 27.5. The minimum atomic E-state index is -2.88. The van der Waals surface area contributed by atoms with Gasteiger partial charge in [-0.1, -0.05) is 0 Å². The zero-order valence-corrected chi connectivity index (χ0v) is 79.1. The van der Waals surface area contributed by atoms with Gasteiger partial charge in [-0.3, -0.25) is 0 Å². The van der Waals surface area contributed by atoms with Crippen LogP contribution in [0, 0.1) is 60.8 Å². The van der Waals surface area contributed by atoms with Crippen molar-refractivity contribution in [1.82, 2.24) is 39.9 Å². The van der Waals surface area contributed by atoms with Crippen LogP contribution in [0.25, 0.3) is 87.2 Å². The molecule has 0 aliphatic carbocycles. The van der Waals surface area contributed by atoms with Gasteiger partial charge in [-0.15, -0.1) is 0 Å². The molecule has 0 unspecified atom stereocenters. The summed E-state index contributed by atoms with van der Waals surface area (Å²) in [5.74, 6) is 5.20. The number of carbonyl (C=O) groups excluding carboxylic acids is 2. The molecule has 0 fully saturated rings. The first kappa shape index (κ1) is 85.3. The first-order valence-electron chi connectivity index (χ1n) is 40.0. The van der Waals surface area contributed by atoms with Crippen molar-refractivity contribution in [3.63, 3.8) is 0 Å². The first-order chi connectivity index (χ1) is 58.1. The Morgan fingerprint density at radius 2 is 0.442 bits per heavy atom. The third-order valence-electron chi connectivity index (χ3n) is 19.5. The van der Waals surface area contributed by atoms with Crippen LogP contribution in [0.15, 0.2) is 243 Å². The van der Waals surface area contributed by atoms with E-state index in [1.54, 1.807) is 0 Å². The van der Waals surface area contributed by atoms with Crippen molar-refractivity contribution in [1.29, 1.82) is 0 Å². The monoisotopic (exact) mass is 1830 g/mol. The molecule has 8 aromatic carbocycles. The van der Waals surface area contributed by atoms with E-state index in [-0.39, 0.29) is 22.3 Å². The average Bonchev–Trinajstić information content (AvgIpc) is 0.827. The summed E-state index contributed by atoms with van der Waals surface area (Å²) >= 11 is -11.2. The second kappa shape index (κ2) is 39.8. The van der Waals surface area contributed by atoms with Crippen LogP contribution < -0.4 is 33.1 Å². The van der Waals surface area contributed by atoms with Crippen molar-refractivity contribution >= 4 is 165 Å². The molecular formula is C95H92Ga4N8O13. The summed E-state index contributed by atoms with van der Waals surface area (Å²) in [6.45, 7) is 22.7. The maximum atomic E-state index is 12.5. The van der Waals surface area contributed by atoms with Crippen LogP contribution in [0.3, 0.4) is 0 Å². The van der Waals surface area contributed by atoms with E-state index in [0.717, 1.165) is 156 Å². The van der Waals surface area contributed by atoms with Gasteiger partial charge in [0.2, 0.25) is 0 Å². The number of ether oxygens (including phenoxy) is 7. The van der Waals surface area contributed by atoms with Crippen LogP contribution in [0.1, 0.15) is 73.2 Å². The summed E-state index contributed by atoms with van der Waals surface area (Å²) in [7, 11) is 0. The van der Waals surface area contributed by atoms with Crippen molar-refractivity contribution in [2.24, 2.45) is 5.41 Å². The third-order valence-corrected chi connectivity index (χ3v) is 33.8. The molecule has 0 aliphatic rings. The Kier molecular flexibility index (Phi) is 28.3. The molecule has 0 N–H and O–H groups in total. The Balaban J connectivity index is 0.000000157. The van der Waals surface area contributed by atoms with Crippen LogP contribution in [-0.4, -0.2) is 159 Å².